The molecule has 2 N–H and O–H groups in total. The van der Waals surface area contributed by atoms with E-state index in [-0.39, 0.29) is 5.75 Å². The number of thiazole rings is 1. The summed E-state index contributed by atoms with van der Waals surface area (Å²) in [4.78, 5) is 27.2. The summed E-state index contributed by atoms with van der Waals surface area (Å²) in [6.45, 7) is 3.44. The topological polar surface area (TPSA) is 91.1 Å². The molecule has 0 aliphatic heterocycles. The number of nitrogens with zero attached hydrogens (tertiary/aromatic N) is 2. The minimum Gasteiger partial charge on any atom is -0.375 e. The van der Waals surface area contributed by atoms with Crippen LogP contribution in [0, 0.1) is 13.8 Å². The van der Waals surface area contributed by atoms with Crippen LogP contribution in [0.15, 0.2) is 19.6 Å². The molecule has 0 atom stereocenters. The van der Waals surface area contributed by atoms with Crippen LogP contribution in [-0.2, 0) is 0 Å². The minimum absolute atomic E-state index is 0.106. The maximum absolute atomic E-state index is 11.8. The van der Waals surface area contributed by atoms with Crippen molar-refractivity contribution in [3.8, 4) is 0 Å². The highest BCUT2D eigenvalue weighted by Gasteiger charge is 2.14. The molecule has 0 aromatic carbocycles. The predicted octanol–water partition coefficient (Wildman–Crippen LogP) is 1.53. The summed E-state index contributed by atoms with van der Waals surface area (Å²) in [6.07, 6.45) is 0. The van der Waals surface area contributed by atoms with Crippen molar-refractivity contribution in [1.29, 1.82) is 0 Å². The highest BCUT2D eigenvalue weighted by molar-refractivity contribution is 8.01. The summed E-state index contributed by atoms with van der Waals surface area (Å²) in [6, 6.07) is 1.28. The van der Waals surface area contributed by atoms with E-state index < -0.39 is 11.5 Å². The van der Waals surface area contributed by atoms with Crippen LogP contribution in [0.25, 0.3) is 0 Å². The lowest BCUT2D eigenvalue weighted by Crippen LogP contribution is -2.23. The first-order valence-electron chi connectivity index (χ1n) is 5.06. The van der Waals surface area contributed by atoms with Gasteiger partial charge in [-0.25, -0.2) is 4.98 Å². The molecule has 2 rings (SSSR count). The molecule has 6 nitrogen and oxygen atoms in total. The molecule has 96 valence electrons. The van der Waals surface area contributed by atoms with Gasteiger partial charge >= 0.3 is 0 Å². The molecule has 0 radical (unpaired) electrons. The van der Waals surface area contributed by atoms with Crippen molar-refractivity contribution in [3.63, 3.8) is 0 Å². The Morgan fingerprint density at radius 1 is 1.61 bits per heavy atom. The Kier molecular flexibility index (Phi) is 3.58. The van der Waals surface area contributed by atoms with E-state index in [2.05, 4.69) is 4.98 Å². The lowest BCUT2D eigenvalue weighted by molar-refractivity contribution is 0.0813. The average Bonchev–Trinajstić information content (AvgIpc) is 2.78. The van der Waals surface area contributed by atoms with Crippen molar-refractivity contribution in [1.82, 2.24) is 9.72 Å². The molecular formula is C10H11N3O3S2. The second kappa shape index (κ2) is 4.99. The Morgan fingerprint density at radius 2 is 2.33 bits per heavy atom. The third kappa shape index (κ3) is 2.65. The first-order chi connectivity index (χ1) is 8.47. The van der Waals surface area contributed by atoms with Crippen molar-refractivity contribution < 1.29 is 9.32 Å². The number of carbonyl (C=O) groups excluding carboxylic acids is 1. The van der Waals surface area contributed by atoms with Gasteiger partial charge in [-0.15, -0.1) is 16.5 Å². The molecule has 0 unspecified atom stereocenters. The molecule has 8 heteroatoms. The van der Waals surface area contributed by atoms with Gasteiger partial charge in [0.2, 0.25) is 0 Å². The van der Waals surface area contributed by atoms with Crippen LogP contribution in [0.1, 0.15) is 16.2 Å². The van der Waals surface area contributed by atoms with Gasteiger partial charge in [0.05, 0.1) is 15.7 Å². The maximum atomic E-state index is 11.8. The predicted molar refractivity (Wildman–Crippen MR) is 70.3 cm³/mol. The number of anilines is 1. The Labute approximate surface area is 111 Å². The van der Waals surface area contributed by atoms with E-state index >= 15 is 0 Å². The Balaban J connectivity index is 2.07. The van der Waals surface area contributed by atoms with Crippen molar-refractivity contribution in [2.75, 3.05) is 11.5 Å². The SMILES string of the molecule is Cc1cc(=O)n(C(=O)CSc2sc(N)nc2C)o1. The molecule has 2 aromatic heterocycles. The number of carbonyl (C=O) groups is 1. The first-order valence-corrected chi connectivity index (χ1v) is 6.86. The van der Waals surface area contributed by atoms with Gasteiger partial charge < -0.3 is 10.3 Å². The standard InChI is InChI=1S/C10H11N3O3S2/c1-5-3-7(14)13(16-5)8(15)4-17-9-6(2)12-10(11)18-9/h3H,4H2,1-2H3,(H2,11,12). The first kappa shape index (κ1) is 12.9. The molecule has 0 spiro atoms. The molecule has 0 bridgehead atoms. The van der Waals surface area contributed by atoms with Gasteiger partial charge in [0.25, 0.3) is 11.5 Å². The number of nitrogen functional groups attached to an aromatic ring is 1. The number of aromatic nitrogens is 2. The summed E-state index contributed by atoms with van der Waals surface area (Å²) < 4.78 is 6.64. The van der Waals surface area contributed by atoms with Crippen molar-refractivity contribution in [2.24, 2.45) is 0 Å². The molecule has 0 aliphatic rings. The summed E-state index contributed by atoms with van der Waals surface area (Å²) in [5.74, 6) is 0.121. The second-order valence-electron chi connectivity index (χ2n) is 3.59. The number of rotatable bonds is 3. The summed E-state index contributed by atoms with van der Waals surface area (Å²) >= 11 is 2.62. The van der Waals surface area contributed by atoms with Gasteiger partial charge in [-0.05, 0) is 13.8 Å². The highest BCUT2D eigenvalue weighted by Crippen LogP contribution is 2.30. The van der Waals surface area contributed by atoms with Crippen LogP contribution in [-0.4, -0.2) is 21.4 Å². The van der Waals surface area contributed by atoms with Gasteiger partial charge in [-0.3, -0.25) is 9.59 Å². The smallest absolute Gasteiger partial charge is 0.290 e. The molecule has 2 aromatic rings. The normalized spacial score (nSPS) is 10.8. The molecular weight excluding hydrogens is 274 g/mol. The van der Waals surface area contributed by atoms with Crippen LogP contribution in [0.2, 0.25) is 0 Å². The fourth-order valence-electron chi connectivity index (χ4n) is 1.34. The molecule has 0 saturated heterocycles. The molecule has 0 saturated carbocycles. The van der Waals surface area contributed by atoms with E-state index in [1.165, 1.54) is 29.2 Å². The number of nitrogens with two attached hydrogens (primary N) is 1. The third-order valence-corrected chi connectivity index (χ3v) is 4.42. The van der Waals surface area contributed by atoms with E-state index in [0.29, 0.717) is 10.9 Å². The van der Waals surface area contributed by atoms with Crippen molar-refractivity contribution >= 4 is 34.1 Å². The van der Waals surface area contributed by atoms with Crippen LogP contribution in [0.5, 0.6) is 0 Å². The van der Waals surface area contributed by atoms with Gasteiger partial charge in [0, 0.05) is 6.07 Å². The van der Waals surface area contributed by atoms with Gasteiger partial charge in [0.15, 0.2) is 5.13 Å². The molecule has 0 amide bonds. The zero-order valence-corrected chi connectivity index (χ0v) is 11.4. The van der Waals surface area contributed by atoms with E-state index in [1.54, 1.807) is 6.92 Å². The third-order valence-electron chi connectivity index (χ3n) is 2.09. The van der Waals surface area contributed by atoms with Crippen LogP contribution < -0.4 is 11.3 Å². The molecule has 2 heterocycles. The quantitative estimate of drug-likeness (QED) is 0.860. The van der Waals surface area contributed by atoms with E-state index in [1.807, 2.05) is 6.92 Å². The Bertz CT molecular complexity index is 641. The summed E-state index contributed by atoms with van der Waals surface area (Å²) in [7, 11) is 0. The van der Waals surface area contributed by atoms with Crippen LogP contribution in [0.3, 0.4) is 0 Å². The largest absolute Gasteiger partial charge is 0.375 e. The maximum Gasteiger partial charge on any atom is 0.290 e. The fourth-order valence-corrected chi connectivity index (χ4v) is 3.20. The summed E-state index contributed by atoms with van der Waals surface area (Å²) in [5.41, 5.74) is 5.90. The lowest BCUT2D eigenvalue weighted by Gasteiger charge is -1.98. The van der Waals surface area contributed by atoms with Gasteiger partial charge in [0.1, 0.15) is 5.76 Å². The second-order valence-corrected chi connectivity index (χ2v) is 5.86. The zero-order valence-electron chi connectivity index (χ0n) is 9.80. The number of aryl methyl sites for hydroxylation is 2. The minimum atomic E-state index is -0.446. The van der Waals surface area contributed by atoms with Gasteiger partial charge in [-0.2, -0.15) is 0 Å². The Morgan fingerprint density at radius 3 is 2.83 bits per heavy atom. The average molecular weight is 285 g/mol. The highest BCUT2D eigenvalue weighted by atomic mass is 32.2. The van der Waals surface area contributed by atoms with Crippen LogP contribution >= 0.6 is 23.1 Å². The van der Waals surface area contributed by atoms with Gasteiger partial charge in [-0.1, -0.05) is 11.3 Å². The van der Waals surface area contributed by atoms with E-state index in [9.17, 15) is 9.59 Å². The number of hydrogen-bond acceptors (Lipinski definition) is 7. The van der Waals surface area contributed by atoms with Crippen molar-refractivity contribution in [2.45, 2.75) is 18.1 Å². The lowest BCUT2D eigenvalue weighted by atomic mass is 10.5. The molecule has 0 aliphatic carbocycles. The molecule has 0 fully saturated rings. The summed E-state index contributed by atoms with van der Waals surface area (Å²) in [5, 5.41) is 0.466. The number of hydrogen-bond donors (Lipinski definition) is 1. The van der Waals surface area contributed by atoms with Crippen LogP contribution in [0.4, 0.5) is 5.13 Å². The zero-order chi connectivity index (χ0) is 13.3. The van der Waals surface area contributed by atoms with E-state index in [0.717, 1.165) is 14.6 Å². The fraction of sp³-hybridized carbons (Fsp3) is 0.300. The Hall–Kier alpha value is -1.54. The monoisotopic (exact) mass is 285 g/mol. The van der Waals surface area contributed by atoms with Crippen molar-refractivity contribution in [3.05, 3.63) is 27.9 Å². The number of thioether (sulfide) groups is 1. The molecule has 18 heavy (non-hydrogen) atoms. The van der Waals surface area contributed by atoms with E-state index in [4.69, 9.17) is 10.3 Å².